The predicted molar refractivity (Wildman–Crippen MR) is 101 cm³/mol. The summed E-state index contributed by atoms with van der Waals surface area (Å²) in [6.07, 6.45) is 2.00. The zero-order valence-electron chi connectivity index (χ0n) is 16.0. The molecule has 0 radical (unpaired) electrons. The first-order valence-electron chi connectivity index (χ1n) is 9.63. The van der Waals surface area contributed by atoms with Crippen LogP contribution in [0, 0.1) is 0 Å². The molecule has 0 aromatic heterocycles. The fraction of sp³-hybridized carbons (Fsp3) is 0.632. The Kier molecular flexibility index (Phi) is 6.52. The van der Waals surface area contributed by atoms with Crippen LogP contribution in [0.25, 0.3) is 0 Å². The van der Waals surface area contributed by atoms with E-state index in [4.69, 9.17) is 9.47 Å². The number of hydrogen-bond acceptors (Lipinski definition) is 5. The molecule has 0 aliphatic carbocycles. The molecule has 2 aliphatic rings. The number of amides is 1. The molecule has 2 aliphatic heterocycles. The summed E-state index contributed by atoms with van der Waals surface area (Å²) >= 11 is 0. The van der Waals surface area contributed by atoms with E-state index in [1.165, 1.54) is 16.4 Å². The highest BCUT2D eigenvalue weighted by molar-refractivity contribution is 7.89. The molecule has 1 unspecified atom stereocenters. The number of rotatable bonds is 6. The smallest absolute Gasteiger partial charge is 0.253 e. The van der Waals surface area contributed by atoms with Crippen molar-refractivity contribution in [1.29, 1.82) is 0 Å². The minimum absolute atomic E-state index is 0.0902. The van der Waals surface area contributed by atoms with E-state index in [9.17, 15) is 13.2 Å². The molecule has 0 N–H and O–H groups in total. The van der Waals surface area contributed by atoms with Gasteiger partial charge in [-0.15, -0.1) is 0 Å². The molecular weight excluding hydrogens is 368 g/mol. The topological polar surface area (TPSA) is 76.2 Å². The molecule has 3 rings (SSSR count). The van der Waals surface area contributed by atoms with Gasteiger partial charge < -0.3 is 14.4 Å². The molecule has 2 fully saturated rings. The summed E-state index contributed by atoms with van der Waals surface area (Å²) in [5.41, 5.74) is 0.496. The van der Waals surface area contributed by atoms with Gasteiger partial charge in [0.05, 0.1) is 24.2 Å². The predicted octanol–water partition coefficient (Wildman–Crippen LogP) is 2.08. The monoisotopic (exact) mass is 396 g/mol. The second-order valence-electron chi connectivity index (χ2n) is 6.79. The molecule has 0 bridgehead atoms. The fourth-order valence-corrected chi connectivity index (χ4v) is 5.38. The maximum Gasteiger partial charge on any atom is 0.253 e. The van der Waals surface area contributed by atoms with Gasteiger partial charge in [-0.2, -0.15) is 4.31 Å². The zero-order chi connectivity index (χ0) is 19.4. The van der Waals surface area contributed by atoms with Gasteiger partial charge in [-0.1, -0.05) is 6.42 Å². The van der Waals surface area contributed by atoms with Crippen molar-refractivity contribution in [3.8, 4) is 0 Å². The zero-order valence-corrected chi connectivity index (χ0v) is 16.8. The molecule has 27 heavy (non-hydrogen) atoms. The van der Waals surface area contributed by atoms with Gasteiger partial charge in [-0.25, -0.2) is 8.42 Å². The van der Waals surface area contributed by atoms with E-state index in [2.05, 4.69) is 0 Å². The number of nitrogens with zero attached hydrogens (tertiary/aromatic N) is 2. The molecule has 1 aromatic carbocycles. The number of hydrogen-bond donors (Lipinski definition) is 0. The minimum Gasteiger partial charge on any atom is -0.349 e. The second kappa shape index (κ2) is 8.68. The first-order valence-corrected chi connectivity index (χ1v) is 11.1. The third kappa shape index (κ3) is 4.18. The van der Waals surface area contributed by atoms with Gasteiger partial charge in [-0.05, 0) is 51.0 Å². The van der Waals surface area contributed by atoms with Crippen molar-refractivity contribution in [1.82, 2.24) is 9.21 Å². The summed E-state index contributed by atoms with van der Waals surface area (Å²) in [6.45, 7) is 6.52. The van der Waals surface area contributed by atoms with Crippen LogP contribution in [0.5, 0.6) is 0 Å². The summed E-state index contributed by atoms with van der Waals surface area (Å²) in [4.78, 5) is 14.3. The van der Waals surface area contributed by atoms with Crippen molar-refractivity contribution in [2.75, 3.05) is 32.8 Å². The van der Waals surface area contributed by atoms with E-state index >= 15 is 0 Å². The fourth-order valence-electron chi connectivity index (χ4n) is 3.70. The Labute approximate surface area is 161 Å². The lowest BCUT2D eigenvalue weighted by Crippen LogP contribution is -2.50. The SMILES string of the molecule is CCN(CC)C(=O)c1ccc(S(=O)(=O)N2CCCCC2C2OCCO2)cc1. The lowest BCUT2D eigenvalue weighted by atomic mass is 10.0. The summed E-state index contributed by atoms with van der Waals surface area (Å²) in [7, 11) is -3.67. The van der Waals surface area contributed by atoms with Crippen LogP contribution in [0.15, 0.2) is 29.2 Å². The van der Waals surface area contributed by atoms with Crippen molar-refractivity contribution in [3.63, 3.8) is 0 Å². The van der Waals surface area contributed by atoms with Crippen LogP contribution in [-0.2, 0) is 19.5 Å². The lowest BCUT2D eigenvalue weighted by Gasteiger charge is -2.36. The highest BCUT2D eigenvalue weighted by Crippen LogP contribution is 2.30. The molecule has 1 atom stereocenters. The van der Waals surface area contributed by atoms with E-state index in [1.54, 1.807) is 17.0 Å². The normalized spacial score (nSPS) is 22.1. The van der Waals surface area contributed by atoms with Crippen LogP contribution in [0.2, 0.25) is 0 Å². The van der Waals surface area contributed by atoms with Crippen LogP contribution < -0.4 is 0 Å². The van der Waals surface area contributed by atoms with Crippen molar-refractivity contribution >= 4 is 15.9 Å². The number of carbonyl (C=O) groups excluding carboxylic acids is 1. The van der Waals surface area contributed by atoms with Gasteiger partial charge in [0.25, 0.3) is 5.91 Å². The van der Waals surface area contributed by atoms with E-state index in [0.717, 1.165) is 19.3 Å². The molecule has 2 heterocycles. The Balaban J connectivity index is 1.82. The third-order valence-corrected chi connectivity index (χ3v) is 7.16. The third-order valence-electron chi connectivity index (χ3n) is 5.22. The quantitative estimate of drug-likeness (QED) is 0.736. The average molecular weight is 397 g/mol. The van der Waals surface area contributed by atoms with E-state index in [0.29, 0.717) is 38.4 Å². The number of benzene rings is 1. The first-order chi connectivity index (χ1) is 13.0. The Bertz CT molecular complexity index is 740. The van der Waals surface area contributed by atoms with Crippen LogP contribution in [0.3, 0.4) is 0 Å². The Morgan fingerprint density at radius 3 is 2.33 bits per heavy atom. The largest absolute Gasteiger partial charge is 0.349 e. The van der Waals surface area contributed by atoms with E-state index in [1.807, 2.05) is 13.8 Å². The summed E-state index contributed by atoms with van der Waals surface area (Å²) in [5.74, 6) is -0.0902. The van der Waals surface area contributed by atoms with Gasteiger partial charge in [-0.3, -0.25) is 4.79 Å². The summed E-state index contributed by atoms with van der Waals surface area (Å²) < 4.78 is 39.1. The maximum absolute atomic E-state index is 13.2. The highest BCUT2D eigenvalue weighted by atomic mass is 32.2. The van der Waals surface area contributed by atoms with Crippen molar-refractivity contribution < 1.29 is 22.7 Å². The molecule has 1 amide bonds. The second-order valence-corrected chi connectivity index (χ2v) is 8.68. The number of sulfonamides is 1. The number of piperidine rings is 1. The Hall–Kier alpha value is -1.48. The van der Waals surface area contributed by atoms with Crippen LogP contribution in [0.1, 0.15) is 43.5 Å². The summed E-state index contributed by atoms with van der Waals surface area (Å²) in [5, 5.41) is 0. The van der Waals surface area contributed by atoms with E-state index in [-0.39, 0.29) is 16.8 Å². The minimum atomic E-state index is -3.67. The standard InChI is InChI=1S/C19H28N2O5S/c1-3-20(4-2)18(22)15-8-10-16(11-9-15)27(23,24)21-12-6-5-7-17(21)19-25-13-14-26-19/h8-11,17,19H,3-7,12-14H2,1-2H3. The van der Waals surface area contributed by atoms with Gasteiger partial charge in [0.15, 0.2) is 6.29 Å². The average Bonchev–Trinajstić information content (AvgIpc) is 3.23. The van der Waals surface area contributed by atoms with E-state index < -0.39 is 16.3 Å². The molecule has 1 aromatic rings. The van der Waals surface area contributed by atoms with Gasteiger partial charge in [0, 0.05) is 25.2 Å². The maximum atomic E-state index is 13.2. The molecular formula is C19H28N2O5S. The van der Waals surface area contributed by atoms with Crippen LogP contribution >= 0.6 is 0 Å². The molecule has 0 spiro atoms. The summed E-state index contributed by atoms with van der Waals surface area (Å²) in [6, 6.07) is 5.93. The molecule has 7 nitrogen and oxygen atoms in total. The number of ether oxygens (including phenoxy) is 2. The van der Waals surface area contributed by atoms with Crippen molar-refractivity contribution in [3.05, 3.63) is 29.8 Å². The van der Waals surface area contributed by atoms with Crippen molar-refractivity contribution in [2.45, 2.75) is 50.3 Å². The molecule has 2 saturated heterocycles. The van der Waals surface area contributed by atoms with Crippen molar-refractivity contribution in [2.24, 2.45) is 0 Å². The lowest BCUT2D eigenvalue weighted by molar-refractivity contribution is -0.0913. The molecule has 0 saturated carbocycles. The van der Waals surface area contributed by atoms with Gasteiger partial charge >= 0.3 is 0 Å². The molecule has 8 heteroatoms. The van der Waals surface area contributed by atoms with Gasteiger partial charge in [0.2, 0.25) is 10.0 Å². The molecule has 150 valence electrons. The highest BCUT2D eigenvalue weighted by Gasteiger charge is 2.40. The van der Waals surface area contributed by atoms with Crippen LogP contribution in [0.4, 0.5) is 0 Å². The Morgan fingerprint density at radius 1 is 1.11 bits per heavy atom. The van der Waals surface area contributed by atoms with Gasteiger partial charge in [0.1, 0.15) is 0 Å². The van der Waals surface area contributed by atoms with Crippen LogP contribution in [-0.4, -0.2) is 68.7 Å². The Morgan fingerprint density at radius 2 is 1.74 bits per heavy atom. The number of carbonyl (C=O) groups is 1. The first kappa shape index (κ1) is 20.3.